The number of fused-ring (bicyclic) bond motifs is 6. The Morgan fingerprint density at radius 3 is 2.20 bits per heavy atom. The number of aromatic nitrogens is 4. The zero-order valence-electron chi connectivity index (χ0n) is 28.0. The molecule has 0 spiro atoms. The lowest BCUT2D eigenvalue weighted by molar-refractivity contribution is 1.11. The molecule has 0 radical (unpaired) electrons. The molecule has 0 fully saturated rings. The summed E-state index contributed by atoms with van der Waals surface area (Å²) in [6.07, 6.45) is 8.55. The number of para-hydroxylation sites is 3. The minimum absolute atomic E-state index is 0.698. The van der Waals surface area contributed by atoms with Crippen LogP contribution in [0.5, 0.6) is 0 Å². The number of benzene rings is 6. The van der Waals surface area contributed by atoms with Crippen LogP contribution in [0.1, 0.15) is 19.4 Å². The Morgan fingerprint density at radius 2 is 1.34 bits per heavy atom. The van der Waals surface area contributed by atoms with E-state index >= 15 is 0 Å². The third kappa shape index (κ3) is 4.84. The van der Waals surface area contributed by atoms with Gasteiger partial charge in [0.25, 0.3) is 0 Å². The fourth-order valence-corrected chi connectivity index (χ4v) is 7.34. The fraction of sp³-hybridized carbons (Fsp3) is 0.0435. The second kappa shape index (κ2) is 12.2. The molecule has 0 aliphatic carbocycles. The third-order valence-electron chi connectivity index (χ3n) is 9.61. The lowest BCUT2D eigenvalue weighted by atomic mass is 9.99. The van der Waals surface area contributed by atoms with Crippen molar-refractivity contribution in [3.8, 4) is 34.0 Å². The maximum absolute atomic E-state index is 5.29. The molecular weight excluding hydrogens is 609 g/mol. The van der Waals surface area contributed by atoms with Gasteiger partial charge in [0.05, 0.1) is 27.8 Å². The molecule has 9 aromatic rings. The van der Waals surface area contributed by atoms with Crippen LogP contribution in [0.3, 0.4) is 0 Å². The largest absolute Gasteiger partial charge is 0.315 e. The Morgan fingerprint density at radius 1 is 0.580 bits per heavy atom. The summed E-state index contributed by atoms with van der Waals surface area (Å²) in [5, 5.41) is 4.67. The molecule has 4 nitrogen and oxygen atoms in total. The third-order valence-corrected chi connectivity index (χ3v) is 9.61. The zero-order chi connectivity index (χ0) is 33.6. The van der Waals surface area contributed by atoms with Gasteiger partial charge >= 0.3 is 0 Å². The van der Waals surface area contributed by atoms with Gasteiger partial charge in [-0.3, -0.25) is 0 Å². The van der Waals surface area contributed by atoms with Gasteiger partial charge in [0.2, 0.25) is 0 Å². The highest BCUT2D eigenvalue weighted by atomic mass is 15.0. The van der Waals surface area contributed by atoms with E-state index in [1.54, 1.807) is 0 Å². The van der Waals surface area contributed by atoms with E-state index in [0.717, 1.165) is 50.2 Å². The average molecular weight is 643 g/mol. The van der Waals surface area contributed by atoms with Crippen LogP contribution in [0.2, 0.25) is 0 Å². The van der Waals surface area contributed by atoms with Crippen molar-refractivity contribution in [1.29, 1.82) is 0 Å². The first-order valence-corrected chi connectivity index (χ1v) is 17.1. The number of nitrogens with zero attached hydrogens (tertiary/aromatic N) is 4. The monoisotopic (exact) mass is 642 g/mol. The summed E-state index contributed by atoms with van der Waals surface area (Å²) in [5.74, 6) is 0.698. The summed E-state index contributed by atoms with van der Waals surface area (Å²) >= 11 is 0. The molecule has 50 heavy (non-hydrogen) atoms. The van der Waals surface area contributed by atoms with Crippen molar-refractivity contribution in [3.05, 3.63) is 176 Å². The van der Waals surface area contributed by atoms with Gasteiger partial charge in [-0.15, -0.1) is 0 Å². The van der Waals surface area contributed by atoms with Crippen LogP contribution in [0.4, 0.5) is 0 Å². The molecule has 0 N–H and O–H groups in total. The summed E-state index contributed by atoms with van der Waals surface area (Å²) < 4.78 is 4.71. The van der Waals surface area contributed by atoms with E-state index in [-0.39, 0.29) is 0 Å². The number of hydrogen-bond acceptors (Lipinski definition) is 2. The van der Waals surface area contributed by atoms with Gasteiger partial charge in [0, 0.05) is 50.2 Å². The summed E-state index contributed by atoms with van der Waals surface area (Å²) in [6.45, 7) is 4.13. The van der Waals surface area contributed by atoms with E-state index < -0.39 is 0 Å². The predicted molar refractivity (Wildman–Crippen MR) is 210 cm³/mol. The molecule has 6 aromatic carbocycles. The van der Waals surface area contributed by atoms with Crippen molar-refractivity contribution in [2.75, 3.05) is 0 Å². The van der Waals surface area contributed by atoms with Gasteiger partial charge in [-0.1, -0.05) is 115 Å². The van der Waals surface area contributed by atoms with Crippen molar-refractivity contribution in [2.45, 2.75) is 13.8 Å². The van der Waals surface area contributed by atoms with E-state index in [1.807, 2.05) is 6.07 Å². The molecule has 0 saturated carbocycles. The second-order valence-electron chi connectivity index (χ2n) is 12.6. The van der Waals surface area contributed by atoms with E-state index in [4.69, 9.17) is 9.97 Å². The maximum atomic E-state index is 5.29. The SMILES string of the molecule is C/C=C\C(=C/C)c1cccc(-c2nc(-c3cccc(-n4c5ccccc5c5ccc6ccn(-c7ccccc7)c6c54)c3)nc3ccccc23)c1. The van der Waals surface area contributed by atoms with Crippen LogP contribution in [0.15, 0.2) is 170 Å². The quantitative estimate of drug-likeness (QED) is 0.169. The lowest BCUT2D eigenvalue weighted by Gasteiger charge is -2.14. The molecule has 0 aliphatic heterocycles. The van der Waals surface area contributed by atoms with Crippen LogP contribution in [0, 0.1) is 0 Å². The smallest absolute Gasteiger partial charge is 0.160 e. The van der Waals surface area contributed by atoms with Crippen molar-refractivity contribution in [1.82, 2.24) is 19.1 Å². The first-order chi connectivity index (χ1) is 24.7. The van der Waals surface area contributed by atoms with E-state index in [9.17, 15) is 0 Å². The van der Waals surface area contributed by atoms with Gasteiger partial charge in [-0.25, -0.2) is 9.97 Å². The van der Waals surface area contributed by atoms with E-state index in [1.165, 1.54) is 32.8 Å². The molecule has 0 amide bonds. The summed E-state index contributed by atoms with van der Waals surface area (Å²) in [4.78, 5) is 10.4. The Kier molecular flexibility index (Phi) is 7.21. The van der Waals surface area contributed by atoms with Crippen molar-refractivity contribution in [3.63, 3.8) is 0 Å². The zero-order valence-corrected chi connectivity index (χ0v) is 28.0. The standard InChI is InChI=1S/C46H34N4/c1-3-14-31(4-2)33-15-12-16-34(29-33)43-40-22-8-10-23-41(40)47-46(48-43)35-17-13-20-37(30-35)50-42-24-11-9-21-38(42)39-26-25-32-27-28-49(44(32)45(39)50)36-18-6-5-7-19-36/h3-30H,1-2H3/b14-3-,31-4+. The fourth-order valence-electron chi connectivity index (χ4n) is 7.34. The lowest BCUT2D eigenvalue weighted by Crippen LogP contribution is -1.99. The molecule has 4 heteroatoms. The van der Waals surface area contributed by atoms with Crippen LogP contribution >= 0.6 is 0 Å². The Labute approximate surface area is 290 Å². The number of rotatable bonds is 6. The van der Waals surface area contributed by atoms with E-state index in [2.05, 4.69) is 187 Å². The molecule has 0 aliphatic rings. The minimum Gasteiger partial charge on any atom is -0.315 e. The molecular formula is C46H34N4. The van der Waals surface area contributed by atoms with Gasteiger partial charge < -0.3 is 9.13 Å². The summed E-state index contributed by atoms with van der Waals surface area (Å²) in [5.41, 5.74) is 11.9. The Balaban J connectivity index is 1.27. The van der Waals surface area contributed by atoms with Crippen molar-refractivity contribution < 1.29 is 0 Å². The molecule has 0 bridgehead atoms. The Hall–Kier alpha value is -6.52. The normalized spacial score (nSPS) is 12.2. The molecule has 0 atom stereocenters. The first kappa shape index (κ1) is 29.6. The number of allylic oxidation sites excluding steroid dienone is 4. The maximum Gasteiger partial charge on any atom is 0.160 e. The van der Waals surface area contributed by atoms with Crippen LogP contribution in [-0.4, -0.2) is 19.1 Å². The molecule has 0 unspecified atom stereocenters. The van der Waals surface area contributed by atoms with Crippen molar-refractivity contribution >= 4 is 49.2 Å². The van der Waals surface area contributed by atoms with E-state index in [0.29, 0.717) is 5.82 Å². The molecule has 238 valence electrons. The minimum atomic E-state index is 0.698. The number of hydrogen-bond donors (Lipinski definition) is 0. The molecule has 3 heterocycles. The van der Waals surface area contributed by atoms with Crippen LogP contribution in [0.25, 0.3) is 83.2 Å². The molecule has 0 saturated heterocycles. The van der Waals surface area contributed by atoms with Crippen LogP contribution < -0.4 is 0 Å². The predicted octanol–water partition coefficient (Wildman–Crippen LogP) is 12.0. The highest BCUT2D eigenvalue weighted by Crippen LogP contribution is 2.39. The van der Waals surface area contributed by atoms with Crippen LogP contribution in [-0.2, 0) is 0 Å². The Bertz CT molecular complexity index is 2780. The molecule has 3 aromatic heterocycles. The van der Waals surface area contributed by atoms with Gasteiger partial charge in [-0.2, -0.15) is 0 Å². The first-order valence-electron chi connectivity index (χ1n) is 17.1. The van der Waals surface area contributed by atoms with Gasteiger partial charge in [0.15, 0.2) is 5.82 Å². The summed E-state index contributed by atoms with van der Waals surface area (Å²) in [6, 6.07) is 51.6. The van der Waals surface area contributed by atoms with Crippen molar-refractivity contribution in [2.24, 2.45) is 0 Å². The highest BCUT2D eigenvalue weighted by molar-refractivity contribution is 6.18. The summed E-state index contributed by atoms with van der Waals surface area (Å²) in [7, 11) is 0. The highest BCUT2D eigenvalue weighted by Gasteiger charge is 2.19. The topological polar surface area (TPSA) is 35.6 Å². The second-order valence-corrected chi connectivity index (χ2v) is 12.6. The van der Waals surface area contributed by atoms with Gasteiger partial charge in [0.1, 0.15) is 0 Å². The van der Waals surface area contributed by atoms with Gasteiger partial charge in [-0.05, 0) is 73.5 Å². The average Bonchev–Trinajstić information content (AvgIpc) is 3.76. The molecule has 9 rings (SSSR count).